The molecule has 0 bridgehead atoms. The second-order valence-corrected chi connectivity index (χ2v) is 9.59. The number of thioether (sulfide) groups is 1. The van der Waals surface area contributed by atoms with E-state index in [1.54, 1.807) is 23.9 Å². The van der Waals surface area contributed by atoms with E-state index < -0.39 is 16.0 Å². The lowest BCUT2D eigenvalue weighted by atomic mass is 10.1. The zero-order chi connectivity index (χ0) is 18.4. The van der Waals surface area contributed by atoms with Crippen LogP contribution in [0.4, 0.5) is 5.13 Å². The number of sulfonamides is 1. The summed E-state index contributed by atoms with van der Waals surface area (Å²) in [6, 6.07) is 6.22. The maximum absolute atomic E-state index is 12.2. The third-order valence-corrected chi connectivity index (χ3v) is 6.67. The van der Waals surface area contributed by atoms with E-state index >= 15 is 0 Å². The summed E-state index contributed by atoms with van der Waals surface area (Å²) in [6.07, 6.45) is 0. The maximum atomic E-state index is 12.2. The number of rotatable bonds is 8. The zero-order valence-electron chi connectivity index (χ0n) is 14.1. The van der Waals surface area contributed by atoms with E-state index in [1.165, 1.54) is 30.6 Å². The summed E-state index contributed by atoms with van der Waals surface area (Å²) >= 11 is 2.76. The molecule has 0 aliphatic heterocycles. The largest absolute Gasteiger partial charge is 0.465 e. The van der Waals surface area contributed by atoms with Crippen LogP contribution >= 0.6 is 23.1 Å². The van der Waals surface area contributed by atoms with Crippen LogP contribution in [0.3, 0.4) is 0 Å². The molecule has 2 aromatic rings. The Morgan fingerprint density at radius 3 is 2.56 bits per heavy atom. The highest BCUT2D eigenvalue weighted by atomic mass is 32.2. The standard InChI is InChI=1S/C15H19N3O4S3/c1-10(2)8-23-15-17-16-14(24-15)18-25(20,21)9-11-4-6-12(7-5-11)13(19)22-3/h4-7,10H,8-9H2,1-3H3,(H,16,18). The van der Waals surface area contributed by atoms with E-state index in [-0.39, 0.29) is 10.9 Å². The molecule has 136 valence electrons. The predicted octanol–water partition coefficient (Wildman–Crippen LogP) is 3.01. The Balaban J connectivity index is 1.98. The predicted molar refractivity (Wildman–Crippen MR) is 99.5 cm³/mol. The molecule has 1 heterocycles. The molecule has 0 aliphatic carbocycles. The topological polar surface area (TPSA) is 98.2 Å². The van der Waals surface area contributed by atoms with Gasteiger partial charge in [-0.2, -0.15) is 0 Å². The van der Waals surface area contributed by atoms with Crippen LogP contribution in [0.5, 0.6) is 0 Å². The molecule has 0 saturated heterocycles. The average molecular weight is 402 g/mol. The number of aromatic nitrogens is 2. The Labute approximate surface area is 155 Å². The van der Waals surface area contributed by atoms with E-state index in [1.807, 2.05) is 0 Å². The van der Waals surface area contributed by atoms with Crippen molar-refractivity contribution in [2.75, 3.05) is 17.6 Å². The van der Waals surface area contributed by atoms with E-state index in [0.717, 1.165) is 10.1 Å². The molecule has 0 atom stereocenters. The Morgan fingerprint density at radius 1 is 1.28 bits per heavy atom. The van der Waals surface area contributed by atoms with Crippen molar-refractivity contribution in [3.63, 3.8) is 0 Å². The fraction of sp³-hybridized carbons (Fsp3) is 0.400. The van der Waals surface area contributed by atoms with Gasteiger partial charge in [-0.25, -0.2) is 13.2 Å². The van der Waals surface area contributed by atoms with Crippen LogP contribution < -0.4 is 4.72 Å². The zero-order valence-corrected chi connectivity index (χ0v) is 16.5. The van der Waals surface area contributed by atoms with E-state index in [2.05, 4.69) is 33.5 Å². The highest BCUT2D eigenvalue weighted by molar-refractivity contribution is 8.01. The summed E-state index contributed by atoms with van der Waals surface area (Å²) in [4.78, 5) is 11.4. The highest BCUT2D eigenvalue weighted by Crippen LogP contribution is 2.27. The molecule has 0 radical (unpaired) electrons. The van der Waals surface area contributed by atoms with Crippen molar-refractivity contribution in [2.45, 2.75) is 23.9 Å². The minimum Gasteiger partial charge on any atom is -0.465 e. The number of carbonyl (C=O) groups excluding carboxylic acids is 1. The molecule has 2 rings (SSSR count). The molecule has 7 nitrogen and oxygen atoms in total. The Morgan fingerprint density at radius 2 is 1.96 bits per heavy atom. The molecule has 0 fully saturated rings. The molecule has 1 aromatic carbocycles. The van der Waals surface area contributed by atoms with Gasteiger partial charge in [0.1, 0.15) is 0 Å². The third-order valence-electron chi connectivity index (χ3n) is 2.92. The van der Waals surface area contributed by atoms with Gasteiger partial charge >= 0.3 is 5.97 Å². The second kappa shape index (κ2) is 8.63. The van der Waals surface area contributed by atoms with Gasteiger partial charge in [0.25, 0.3) is 0 Å². The van der Waals surface area contributed by atoms with Gasteiger partial charge in [0.2, 0.25) is 15.2 Å². The van der Waals surface area contributed by atoms with Gasteiger partial charge in [-0.05, 0) is 23.6 Å². The number of hydrogen-bond donors (Lipinski definition) is 1. The van der Waals surface area contributed by atoms with Crippen LogP contribution in [0.2, 0.25) is 0 Å². The smallest absolute Gasteiger partial charge is 0.337 e. The van der Waals surface area contributed by atoms with Crippen LogP contribution in [0, 0.1) is 5.92 Å². The van der Waals surface area contributed by atoms with Gasteiger partial charge in [-0.1, -0.05) is 49.1 Å². The summed E-state index contributed by atoms with van der Waals surface area (Å²) in [5.41, 5.74) is 0.923. The SMILES string of the molecule is COC(=O)c1ccc(CS(=O)(=O)Nc2nnc(SCC(C)C)s2)cc1. The number of nitrogens with one attached hydrogen (secondary N) is 1. The minimum atomic E-state index is -3.61. The van der Waals surface area contributed by atoms with Crippen molar-refractivity contribution in [3.8, 4) is 0 Å². The van der Waals surface area contributed by atoms with Gasteiger partial charge in [0.15, 0.2) is 4.34 Å². The molecule has 25 heavy (non-hydrogen) atoms. The van der Waals surface area contributed by atoms with Gasteiger partial charge in [-0.15, -0.1) is 10.2 Å². The molecular formula is C15H19N3O4S3. The first-order valence-electron chi connectivity index (χ1n) is 7.43. The first-order chi connectivity index (χ1) is 11.8. The highest BCUT2D eigenvalue weighted by Gasteiger charge is 2.16. The van der Waals surface area contributed by atoms with Gasteiger partial charge in [0.05, 0.1) is 18.4 Å². The Bertz CT molecular complexity index is 817. The summed E-state index contributed by atoms with van der Waals surface area (Å²) in [6.45, 7) is 4.20. The molecule has 1 N–H and O–H groups in total. The van der Waals surface area contributed by atoms with E-state index in [0.29, 0.717) is 17.0 Å². The summed E-state index contributed by atoms with van der Waals surface area (Å²) in [5, 5.41) is 8.09. The van der Waals surface area contributed by atoms with E-state index in [4.69, 9.17) is 0 Å². The number of carbonyl (C=O) groups is 1. The maximum Gasteiger partial charge on any atom is 0.337 e. The normalized spacial score (nSPS) is 11.5. The average Bonchev–Trinajstić information content (AvgIpc) is 2.99. The summed E-state index contributed by atoms with van der Waals surface area (Å²) < 4.78 is 32.3. The van der Waals surface area contributed by atoms with Crippen LogP contribution in [0.1, 0.15) is 29.8 Å². The number of esters is 1. The molecule has 0 aliphatic rings. The molecule has 1 aromatic heterocycles. The van der Waals surface area contributed by atoms with Crippen molar-refractivity contribution in [1.29, 1.82) is 0 Å². The van der Waals surface area contributed by atoms with E-state index in [9.17, 15) is 13.2 Å². The van der Waals surface area contributed by atoms with Crippen LogP contribution in [0.25, 0.3) is 0 Å². The molecular weight excluding hydrogens is 382 g/mol. The minimum absolute atomic E-state index is 0.220. The third kappa shape index (κ3) is 6.29. The fourth-order valence-corrected chi connectivity index (χ4v) is 4.93. The van der Waals surface area contributed by atoms with Gasteiger partial charge in [-0.3, -0.25) is 4.72 Å². The number of benzene rings is 1. The summed E-state index contributed by atoms with van der Waals surface area (Å²) in [5.74, 6) is 0.728. The molecule has 0 saturated carbocycles. The summed E-state index contributed by atoms with van der Waals surface area (Å²) in [7, 11) is -2.32. The molecule has 10 heteroatoms. The first-order valence-corrected chi connectivity index (χ1v) is 10.9. The number of methoxy groups -OCH3 is 1. The first kappa shape index (κ1) is 19.7. The lowest BCUT2D eigenvalue weighted by Crippen LogP contribution is -2.15. The van der Waals surface area contributed by atoms with Crippen molar-refractivity contribution in [3.05, 3.63) is 35.4 Å². The second-order valence-electron chi connectivity index (χ2n) is 5.63. The van der Waals surface area contributed by atoms with Crippen LogP contribution in [-0.2, 0) is 20.5 Å². The monoisotopic (exact) mass is 401 g/mol. The van der Waals surface area contributed by atoms with Gasteiger partial charge < -0.3 is 4.74 Å². The molecule has 0 amide bonds. The fourth-order valence-electron chi connectivity index (χ4n) is 1.79. The quantitative estimate of drug-likeness (QED) is 0.536. The van der Waals surface area contributed by atoms with Crippen molar-refractivity contribution in [1.82, 2.24) is 10.2 Å². The Kier molecular flexibility index (Phi) is 6.79. The lowest BCUT2D eigenvalue weighted by molar-refractivity contribution is 0.0600. The van der Waals surface area contributed by atoms with Crippen molar-refractivity contribution in [2.24, 2.45) is 5.92 Å². The lowest BCUT2D eigenvalue weighted by Gasteiger charge is -2.05. The number of hydrogen-bond acceptors (Lipinski definition) is 8. The molecule has 0 unspecified atom stereocenters. The number of anilines is 1. The number of ether oxygens (including phenoxy) is 1. The van der Waals surface area contributed by atoms with Crippen molar-refractivity contribution >= 4 is 44.2 Å². The van der Waals surface area contributed by atoms with Gasteiger partial charge in [0, 0.05) is 5.75 Å². The van der Waals surface area contributed by atoms with Crippen molar-refractivity contribution < 1.29 is 17.9 Å². The van der Waals surface area contributed by atoms with Crippen LogP contribution in [-0.4, -0.2) is 37.4 Å². The Hall–Kier alpha value is -1.65. The molecule has 0 spiro atoms. The van der Waals surface area contributed by atoms with Crippen LogP contribution in [0.15, 0.2) is 28.6 Å². The number of nitrogens with zero attached hydrogens (tertiary/aromatic N) is 2.